The molecule has 0 aliphatic rings. The van der Waals surface area contributed by atoms with Crippen LogP contribution in [0.4, 0.5) is 5.69 Å². The summed E-state index contributed by atoms with van der Waals surface area (Å²) in [7, 11) is -3.60. The second-order valence-electron chi connectivity index (χ2n) is 4.60. The fourth-order valence-corrected chi connectivity index (χ4v) is 3.16. The molecule has 0 radical (unpaired) electrons. The summed E-state index contributed by atoms with van der Waals surface area (Å²) in [5.41, 5.74) is 5.55. The number of hydrogen-bond donors (Lipinski definition) is 3. The van der Waals surface area contributed by atoms with Crippen LogP contribution in [-0.4, -0.2) is 19.6 Å². The van der Waals surface area contributed by atoms with E-state index in [0.717, 1.165) is 0 Å². The minimum atomic E-state index is -3.60. The quantitative estimate of drug-likeness (QED) is 0.561. The molecule has 1 rings (SSSR count). The molecule has 0 aliphatic heterocycles. The zero-order valence-corrected chi connectivity index (χ0v) is 11.7. The van der Waals surface area contributed by atoms with Crippen LogP contribution in [0.1, 0.15) is 27.2 Å². The number of nitrogens with one attached hydrogen (secondary N) is 1. The van der Waals surface area contributed by atoms with Gasteiger partial charge < -0.3 is 10.8 Å². The second-order valence-corrected chi connectivity index (χ2v) is 6.31. The molecule has 6 heteroatoms. The number of phenolic OH excluding ortho intramolecular Hbond substituents is 1. The zero-order chi connectivity index (χ0) is 13.9. The second kappa shape index (κ2) is 5.58. The van der Waals surface area contributed by atoms with Crippen LogP contribution < -0.4 is 10.5 Å². The van der Waals surface area contributed by atoms with Gasteiger partial charge in [-0.25, -0.2) is 13.1 Å². The van der Waals surface area contributed by atoms with Crippen LogP contribution in [0.25, 0.3) is 0 Å². The lowest BCUT2D eigenvalue weighted by Gasteiger charge is -2.20. The maximum Gasteiger partial charge on any atom is 0.240 e. The average molecular weight is 272 g/mol. The molecule has 0 amide bonds. The number of benzene rings is 1. The average Bonchev–Trinajstić information content (AvgIpc) is 2.29. The van der Waals surface area contributed by atoms with Gasteiger partial charge in [-0.1, -0.05) is 20.8 Å². The maximum atomic E-state index is 12.1. The highest BCUT2D eigenvalue weighted by Crippen LogP contribution is 2.23. The Morgan fingerprint density at radius 3 is 2.44 bits per heavy atom. The van der Waals surface area contributed by atoms with Gasteiger partial charge in [0.1, 0.15) is 5.75 Å². The third kappa shape index (κ3) is 3.36. The summed E-state index contributed by atoms with van der Waals surface area (Å²) in [4.78, 5) is 0.0666. The number of hydrogen-bond acceptors (Lipinski definition) is 4. The SMILES string of the molecule is CCC(NS(=O)(=O)c1ccc(O)c(N)c1)C(C)C. The van der Waals surface area contributed by atoms with E-state index in [-0.39, 0.29) is 28.3 Å². The summed E-state index contributed by atoms with van der Waals surface area (Å²) in [6.45, 7) is 5.85. The first-order valence-corrected chi connectivity index (χ1v) is 7.37. The Kier molecular flexibility index (Phi) is 4.59. The lowest BCUT2D eigenvalue weighted by atomic mass is 10.0. The molecule has 0 fully saturated rings. The fourth-order valence-electron chi connectivity index (χ4n) is 1.66. The van der Waals surface area contributed by atoms with Gasteiger partial charge in [-0.3, -0.25) is 0 Å². The highest BCUT2D eigenvalue weighted by Gasteiger charge is 2.21. The number of nitrogen functional groups attached to an aromatic ring is 1. The molecule has 0 spiro atoms. The molecule has 1 aromatic rings. The molecule has 0 saturated carbocycles. The predicted octanol–water partition coefficient (Wildman–Crippen LogP) is 1.69. The van der Waals surface area contributed by atoms with Gasteiger partial charge in [0.2, 0.25) is 10.0 Å². The van der Waals surface area contributed by atoms with Gasteiger partial charge in [0.05, 0.1) is 10.6 Å². The molecular formula is C12H20N2O3S. The molecule has 4 N–H and O–H groups in total. The molecule has 18 heavy (non-hydrogen) atoms. The van der Waals surface area contributed by atoms with Crippen molar-refractivity contribution in [2.45, 2.75) is 38.1 Å². The van der Waals surface area contributed by atoms with Crippen LogP contribution in [0.2, 0.25) is 0 Å². The van der Waals surface area contributed by atoms with Crippen molar-refractivity contribution in [1.82, 2.24) is 4.72 Å². The van der Waals surface area contributed by atoms with Gasteiger partial charge in [-0.05, 0) is 30.5 Å². The minimum Gasteiger partial charge on any atom is -0.506 e. The minimum absolute atomic E-state index is 0.0514. The van der Waals surface area contributed by atoms with Crippen molar-refractivity contribution < 1.29 is 13.5 Å². The fraction of sp³-hybridized carbons (Fsp3) is 0.500. The van der Waals surface area contributed by atoms with Crippen molar-refractivity contribution in [1.29, 1.82) is 0 Å². The van der Waals surface area contributed by atoms with Crippen molar-refractivity contribution in [2.24, 2.45) is 5.92 Å². The molecule has 0 bridgehead atoms. The van der Waals surface area contributed by atoms with Gasteiger partial charge in [0.25, 0.3) is 0 Å². The third-order valence-electron chi connectivity index (χ3n) is 2.86. The molecule has 1 atom stereocenters. The van der Waals surface area contributed by atoms with E-state index in [1.165, 1.54) is 18.2 Å². The van der Waals surface area contributed by atoms with Crippen molar-refractivity contribution >= 4 is 15.7 Å². The van der Waals surface area contributed by atoms with E-state index in [1.807, 2.05) is 20.8 Å². The third-order valence-corrected chi connectivity index (χ3v) is 4.35. The van der Waals surface area contributed by atoms with E-state index < -0.39 is 10.0 Å². The lowest BCUT2D eigenvalue weighted by molar-refractivity contribution is 0.437. The summed E-state index contributed by atoms with van der Waals surface area (Å²) < 4.78 is 26.9. The Morgan fingerprint density at radius 1 is 1.39 bits per heavy atom. The Balaban J connectivity index is 3.02. The number of rotatable bonds is 5. The topological polar surface area (TPSA) is 92.4 Å². The van der Waals surface area contributed by atoms with Crippen LogP contribution in [0.5, 0.6) is 5.75 Å². The van der Waals surface area contributed by atoms with Crippen molar-refractivity contribution in [2.75, 3.05) is 5.73 Å². The maximum absolute atomic E-state index is 12.1. The van der Waals surface area contributed by atoms with Gasteiger partial charge in [0.15, 0.2) is 0 Å². The summed E-state index contributed by atoms with van der Waals surface area (Å²) >= 11 is 0. The predicted molar refractivity (Wildman–Crippen MR) is 71.8 cm³/mol. The number of sulfonamides is 1. The molecule has 0 heterocycles. The smallest absolute Gasteiger partial charge is 0.240 e. The first kappa shape index (κ1) is 14.8. The van der Waals surface area contributed by atoms with E-state index in [0.29, 0.717) is 6.42 Å². The van der Waals surface area contributed by atoms with Gasteiger partial charge in [-0.2, -0.15) is 0 Å². The van der Waals surface area contributed by atoms with Crippen LogP contribution in [0, 0.1) is 5.92 Å². The molecule has 5 nitrogen and oxygen atoms in total. The first-order chi connectivity index (χ1) is 8.27. The number of aromatic hydroxyl groups is 1. The molecule has 1 unspecified atom stereocenters. The van der Waals surface area contributed by atoms with E-state index in [9.17, 15) is 13.5 Å². The van der Waals surface area contributed by atoms with Crippen LogP contribution in [0.15, 0.2) is 23.1 Å². The van der Waals surface area contributed by atoms with Crippen LogP contribution >= 0.6 is 0 Å². The van der Waals surface area contributed by atoms with E-state index in [4.69, 9.17) is 5.73 Å². The molecule has 102 valence electrons. The van der Waals surface area contributed by atoms with Gasteiger partial charge in [0, 0.05) is 6.04 Å². The van der Waals surface area contributed by atoms with Gasteiger partial charge in [-0.15, -0.1) is 0 Å². The largest absolute Gasteiger partial charge is 0.506 e. The summed E-state index contributed by atoms with van der Waals surface area (Å²) in [6, 6.07) is 3.75. The highest BCUT2D eigenvalue weighted by molar-refractivity contribution is 7.89. The van der Waals surface area contributed by atoms with Crippen molar-refractivity contribution in [3.8, 4) is 5.75 Å². The first-order valence-electron chi connectivity index (χ1n) is 5.88. The number of nitrogens with two attached hydrogens (primary N) is 1. The lowest BCUT2D eigenvalue weighted by Crippen LogP contribution is -2.37. The molecule has 0 aliphatic carbocycles. The zero-order valence-electron chi connectivity index (χ0n) is 10.8. The van der Waals surface area contributed by atoms with E-state index >= 15 is 0 Å². The molecule has 0 saturated heterocycles. The molecule has 0 aromatic heterocycles. The Hall–Kier alpha value is -1.27. The number of phenols is 1. The molecular weight excluding hydrogens is 252 g/mol. The Morgan fingerprint density at radius 2 is 2.00 bits per heavy atom. The van der Waals surface area contributed by atoms with Crippen LogP contribution in [0.3, 0.4) is 0 Å². The highest BCUT2D eigenvalue weighted by atomic mass is 32.2. The Labute approximate surface area is 108 Å². The van der Waals surface area contributed by atoms with Crippen molar-refractivity contribution in [3.63, 3.8) is 0 Å². The standard InChI is InChI=1S/C12H20N2O3S/c1-4-11(8(2)3)14-18(16,17)9-5-6-12(15)10(13)7-9/h5-8,11,14-15H,4,13H2,1-3H3. The van der Waals surface area contributed by atoms with E-state index in [1.54, 1.807) is 0 Å². The Bertz CT molecular complexity index is 512. The normalized spacial score (nSPS) is 13.8. The van der Waals surface area contributed by atoms with Crippen LogP contribution in [-0.2, 0) is 10.0 Å². The number of anilines is 1. The molecule has 1 aromatic carbocycles. The van der Waals surface area contributed by atoms with Crippen molar-refractivity contribution in [3.05, 3.63) is 18.2 Å². The van der Waals surface area contributed by atoms with E-state index in [2.05, 4.69) is 4.72 Å². The summed E-state index contributed by atoms with van der Waals surface area (Å²) in [6.07, 6.45) is 0.713. The summed E-state index contributed by atoms with van der Waals surface area (Å²) in [5.74, 6) is 0.0871. The monoisotopic (exact) mass is 272 g/mol. The van der Waals surface area contributed by atoms with Gasteiger partial charge >= 0.3 is 0 Å². The summed E-state index contributed by atoms with van der Waals surface area (Å²) in [5, 5.41) is 9.29.